The third-order valence-electron chi connectivity index (χ3n) is 4.63. The molecule has 3 aromatic rings. The second-order valence-electron chi connectivity index (χ2n) is 6.63. The van der Waals surface area contributed by atoms with Crippen molar-refractivity contribution in [3.8, 4) is 5.75 Å². The minimum absolute atomic E-state index is 0.189. The summed E-state index contributed by atoms with van der Waals surface area (Å²) in [5, 5.41) is 15.8. The Hall–Kier alpha value is -2.44. The van der Waals surface area contributed by atoms with Crippen molar-refractivity contribution < 1.29 is 9.84 Å². The SMILES string of the molecule is Cn1cc(CN2CC[C@@H](Oc3ccc4cccnc4c3)[C@H](O)C2)cn1. The second-order valence-corrected chi connectivity index (χ2v) is 6.63. The fourth-order valence-corrected chi connectivity index (χ4v) is 3.36. The molecule has 0 aliphatic carbocycles. The molecule has 1 aliphatic rings. The molecule has 130 valence electrons. The summed E-state index contributed by atoms with van der Waals surface area (Å²) in [6.07, 6.45) is 5.75. The first-order valence-corrected chi connectivity index (χ1v) is 8.57. The number of pyridine rings is 1. The van der Waals surface area contributed by atoms with Gasteiger partial charge >= 0.3 is 0 Å². The van der Waals surface area contributed by atoms with E-state index >= 15 is 0 Å². The molecular formula is C19H22N4O2. The van der Waals surface area contributed by atoms with Crippen LogP contribution in [0.3, 0.4) is 0 Å². The molecular weight excluding hydrogens is 316 g/mol. The number of aliphatic hydroxyl groups is 1. The lowest BCUT2D eigenvalue weighted by molar-refractivity contribution is -0.0274. The number of benzene rings is 1. The van der Waals surface area contributed by atoms with E-state index in [1.54, 1.807) is 10.9 Å². The van der Waals surface area contributed by atoms with E-state index in [2.05, 4.69) is 15.0 Å². The maximum absolute atomic E-state index is 10.5. The summed E-state index contributed by atoms with van der Waals surface area (Å²) in [5.74, 6) is 0.760. The molecule has 0 unspecified atom stereocenters. The van der Waals surface area contributed by atoms with Gasteiger partial charge in [0.25, 0.3) is 0 Å². The van der Waals surface area contributed by atoms with Gasteiger partial charge in [-0.25, -0.2) is 0 Å². The van der Waals surface area contributed by atoms with E-state index in [1.165, 1.54) is 0 Å². The summed E-state index contributed by atoms with van der Waals surface area (Å²) in [6.45, 7) is 2.30. The van der Waals surface area contributed by atoms with Gasteiger partial charge in [-0.1, -0.05) is 6.07 Å². The average Bonchev–Trinajstić information content (AvgIpc) is 3.02. The number of nitrogens with zero attached hydrogens (tertiary/aromatic N) is 4. The highest BCUT2D eigenvalue weighted by atomic mass is 16.5. The molecule has 2 atom stereocenters. The zero-order valence-corrected chi connectivity index (χ0v) is 14.2. The molecule has 2 aromatic heterocycles. The van der Waals surface area contributed by atoms with Crippen LogP contribution < -0.4 is 4.74 Å². The molecule has 1 aliphatic heterocycles. The predicted octanol–water partition coefficient (Wildman–Crippen LogP) is 1.98. The highest BCUT2D eigenvalue weighted by Crippen LogP contribution is 2.23. The number of rotatable bonds is 4. The van der Waals surface area contributed by atoms with E-state index in [4.69, 9.17) is 4.74 Å². The van der Waals surface area contributed by atoms with E-state index in [1.807, 2.05) is 49.8 Å². The lowest BCUT2D eigenvalue weighted by Gasteiger charge is -2.35. The highest BCUT2D eigenvalue weighted by Gasteiger charge is 2.29. The van der Waals surface area contributed by atoms with Crippen LogP contribution in [0.5, 0.6) is 5.75 Å². The number of β-amino-alcohol motifs (C(OH)–C–C–N with tert-alkyl or cyclic N) is 1. The molecule has 1 aromatic carbocycles. The Morgan fingerprint density at radius 1 is 1.32 bits per heavy atom. The highest BCUT2D eigenvalue weighted by molar-refractivity contribution is 5.79. The van der Waals surface area contributed by atoms with Crippen molar-refractivity contribution in [2.75, 3.05) is 13.1 Å². The van der Waals surface area contributed by atoms with Crippen LogP contribution in [0.15, 0.2) is 48.9 Å². The van der Waals surface area contributed by atoms with Crippen LogP contribution in [0, 0.1) is 0 Å². The fraction of sp³-hybridized carbons (Fsp3) is 0.368. The maximum Gasteiger partial charge on any atom is 0.127 e. The van der Waals surface area contributed by atoms with Gasteiger partial charge in [-0.05, 0) is 24.6 Å². The standard InChI is InChI=1S/C19H22N4O2/c1-22-11-14(10-21-22)12-23-8-6-19(18(24)13-23)25-16-5-4-15-3-2-7-20-17(15)9-16/h2-5,7,9-11,18-19,24H,6,8,12-13H2,1H3/t18-,19-/m1/s1. The van der Waals surface area contributed by atoms with Crippen molar-refractivity contribution in [1.29, 1.82) is 0 Å². The van der Waals surface area contributed by atoms with Crippen LogP contribution in [0.2, 0.25) is 0 Å². The Balaban J connectivity index is 1.38. The number of fused-ring (bicyclic) bond motifs is 1. The summed E-state index contributed by atoms with van der Waals surface area (Å²) in [6, 6.07) is 9.83. The summed E-state index contributed by atoms with van der Waals surface area (Å²) in [4.78, 5) is 6.60. The number of hydrogen-bond donors (Lipinski definition) is 1. The third-order valence-corrected chi connectivity index (χ3v) is 4.63. The molecule has 6 nitrogen and oxygen atoms in total. The van der Waals surface area contributed by atoms with Gasteiger partial charge in [0.2, 0.25) is 0 Å². The first-order chi connectivity index (χ1) is 12.2. The van der Waals surface area contributed by atoms with Gasteiger partial charge in [-0.3, -0.25) is 14.6 Å². The molecule has 0 saturated carbocycles. The zero-order valence-electron chi connectivity index (χ0n) is 14.2. The Morgan fingerprint density at radius 3 is 3.04 bits per heavy atom. The van der Waals surface area contributed by atoms with Gasteiger partial charge in [-0.15, -0.1) is 0 Å². The third kappa shape index (κ3) is 3.65. The largest absolute Gasteiger partial charge is 0.488 e. The smallest absolute Gasteiger partial charge is 0.127 e. The van der Waals surface area contributed by atoms with E-state index in [0.717, 1.165) is 41.7 Å². The van der Waals surface area contributed by atoms with Crippen molar-refractivity contribution >= 4 is 10.9 Å². The summed E-state index contributed by atoms with van der Waals surface area (Å²) >= 11 is 0. The lowest BCUT2D eigenvalue weighted by atomic mass is 10.0. The van der Waals surface area contributed by atoms with Crippen LogP contribution in [-0.4, -0.2) is 50.1 Å². The van der Waals surface area contributed by atoms with Crippen LogP contribution in [0.4, 0.5) is 0 Å². The Kier molecular flexibility index (Phi) is 4.38. The van der Waals surface area contributed by atoms with Crippen molar-refractivity contribution in [2.45, 2.75) is 25.2 Å². The number of aryl methyl sites for hydroxylation is 1. The number of aliphatic hydroxyl groups excluding tert-OH is 1. The first-order valence-electron chi connectivity index (χ1n) is 8.57. The summed E-state index contributed by atoms with van der Waals surface area (Å²) in [5.41, 5.74) is 2.07. The van der Waals surface area contributed by atoms with Gasteiger partial charge in [-0.2, -0.15) is 5.10 Å². The van der Waals surface area contributed by atoms with Crippen LogP contribution >= 0.6 is 0 Å². The molecule has 6 heteroatoms. The molecule has 25 heavy (non-hydrogen) atoms. The van der Waals surface area contributed by atoms with E-state index in [-0.39, 0.29) is 6.10 Å². The molecule has 0 bridgehead atoms. The van der Waals surface area contributed by atoms with Crippen molar-refractivity contribution in [1.82, 2.24) is 19.7 Å². The van der Waals surface area contributed by atoms with Crippen molar-refractivity contribution in [3.63, 3.8) is 0 Å². The van der Waals surface area contributed by atoms with Crippen molar-refractivity contribution in [2.24, 2.45) is 7.05 Å². The fourth-order valence-electron chi connectivity index (χ4n) is 3.36. The minimum atomic E-state index is -0.509. The van der Waals surface area contributed by atoms with Gasteiger partial charge in [0, 0.05) is 56.1 Å². The average molecular weight is 338 g/mol. The number of aromatic nitrogens is 3. The number of likely N-dealkylation sites (tertiary alicyclic amines) is 1. The number of piperidine rings is 1. The quantitative estimate of drug-likeness (QED) is 0.788. The van der Waals surface area contributed by atoms with Gasteiger partial charge in [0.05, 0.1) is 11.7 Å². The van der Waals surface area contributed by atoms with E-state index in [0.29, 0.717) is 6.54 Å². The summed E-state index contributed by atoms with van der Waals surface area (Å²) < 4.78 is 7.85. The van der Waals surface area contributed by atoms with E-state index in [9.17, 15) is 5.11 Å². The van der Waals surface area contributed by atoms with Crippen molar-refractivity contribution in [3.05, 3.63) is 54.5 Å². The Morgan fingerprint density at radius 2 is 2.24 bits per heavy atom. The van der Waals surface area contributed by atoms with Crippen LogP contribution in [0.1, 0.15) is 12.0 Å². The molecule has 0 radical (unpaired) electrons. The molecule has 4 rings (SSSR count). The molecule has 0 spiro atoms. The first kappa shape index (κ1) is 16.1. The van der Waals surface area contributed by atoms with Crippen LogP contribution in [0.25, 0.3) is 10.9 Å². The minimum Gasteiger partial charge on any atom is -0.488 e. The molecule has 1 saturated heterocycles. The number of hydrogen-bond acceptors (Lipinski definition) is 5. The van der Waals surface area contributed by atoms with Gasteiger partial charge in [0.1, 0.15) is 18.0 Å². The Labute approximate surface area is 146 Å². The topological polar surface area (TPSA) is 63.4 Å². The lowest BCUT2D eigenvalue weighted by Crippen LogP contribution is -2.48. The van der Waals surface area contributed by atoms with Gasteiger partial charge in [0.15, 0.2) is 0 Å². The predicted molar refractivity (Wildman–Crippen MR) is 95.3 cm³/mol. The normalized spacial score (nSPS) is 21.5. The molecule has 3 heterocycles. The zero-order chi connectivity index (χ0) is 17.2. The maximum atomic E-state index is 10.5. The monoisotopic (exact) mass is 338 g/mol. The van der Waals surface area contributed by atoms with E-state index < -0.39 is 6.10 Å². The second kappa shape index (κ2) is 6.82. The summed E-state index contributed by atoms with van der Waals surface area (Å²) in [7, 11) is 1.91. The number of ether oxygens (including phenoxy) is 1. The Bertz CT molecular complexity index is 863. The van der Waals surface area contributed by atoms with Crippen LogP contribution in [-0.2, 0) is 13.6 Å². The molecule has 1 fully saturated rings. The molecule has 1 N–H and O–H groups in total. The van der Waals surface area contributed by atoms with Gasteiger partial charge < -0.3 is 9.84 Å². The molecule has 0 amide bonds.